The summed E-state index contributed by atoms with van der Waals surface area (Å²) in [5.41, 5.74) is 0.734. The molecule has 0 atom stereocenters. The maximum atomic E-state index is 12.9. The fourth-order valence-electron chi connectivity index (χ4n) is 3.72. The van der Waals surface area contributed by atoms with Crippen LogP contribution in [0.5, 0.6) is 0 Å². The second-order valence-electron chi connectivity index (χ2n) is 8.39. The zero-order valence-corrected chi connectivity index (χ0v) is 16.7. The van der Waals surface area contributed by atoms with E-state index in [4.69, 9.17) is 4.74 Å². The summed E-state index contributed by atoms with van der Waals surface area (Å²) < 4.78 is 5.43. The molecule has 148 valence electrons. The van der Waals surface area contributed by atoms with Gasteiger partial charge in [-0.15, -0.1) is 0 Å². The Hall–Kier alpha value is -2.24. The predicted octanol–water partition coefficient (Wildman–Crippen LogP) is 2.98. The lowest BCUT2D eigenvalue weighted by molar-refractivity contribution is -0.137. The van der Waals surface area contributed by atoms with E-state index in [0.717, 1.165) is 39.0 Å². The van der Waals surface area contributed by atoms with Crippen LogP contribution in [0.1, 0.15) is 33.6 Å². The minimum atomic E-state index is -0.484. The molecule has 1 aromatic carbocycles. The van der Waals surface area contributed by atoms with E-state index in [1.807, 2.05) is 43.9 Å². The van der Waals surface area contributed by atoms with E-state index in [2.05, 4.69) is 17.0 Å². The minimum absolute atomic E-state index is 0.0203. The first-order valence-electron chi connectivity index (χ1n) is 9.90. The highest BCUT2D eigenvalue weighted by molar-refractivity contribution is 5.79. The molecule has 3 rings (SSSR count). The largest absolute Gasteiger partial charge is 0.444 e. The lowest BCUT2D eigenvalue weighted by Crippen LogP contribution is -2.52. The summed E-state index contributed by atoms with van der Waals surface area (Å²) in [5.74, 6) is 0.263. The molecule has 0 N–H and O–H groups in total. The van der Waals surface area contributed by atoms with Crippen LogP contribution in [0.4, 0.5) is 10.5 Å². The van der Waals surface area contributed by atoms with Crippen molar-refractivity contribution in [2.24, 2.45) is 5.92 Å². The summed E-state index contributed by atoms with van der Waals surface area (Å²) in [7, 11) is 0. The number of ether oxygens (including phenoxy) is 1. The number of amides is 2. The molecule has 1 aromatic rings. The number of nitrogens with zero attached hydrogens (tertiary/aromatic N) is 3. The minimum Gasteiger partial charge on any atom is -0.444 e. The highest BCUT2D eigenvalue weighted by Gasteiger charge is 2.33. The number of anilines is 1. The van der Waals surface area contributed by atoms with Gasteiger partial charge >= 0.3 is 6.09 Å². The number of piperidine rings is 1. The molecule has 0 unspecified atom stereocenters. The molecular weight excluding hydrogens is 342 g/mol. The quantitative estimate of drug-likeness (QED) is 0.800. The molecule has 6 heteroatoms. The smallest absolute Gasteiger partial charge is 0.410 e. The normalized spacial score (nSPS) is 19.1. The topological polar surface area (TPSA) is 53.1 Å². The van der Waals surface area contributed by atoms with Gasteiger partial charge in [-0.3, -0.25) is 4.79 Å². The standard InChI is InChI=1S/C21H31N3O3/c1-21(2,3)27-20(26)24-11-9-17(10-12-24)19(25)23-15-13-22(14-16-23)18-7-5-4-6-8-18/h4-8,17H,9-16H2,1-3H3. The van der Waals surface area contributed by atoms with Crippen molar-refractivity contribution in [1.82, 2.24) is 9.80 Å². The number of piperazine rings is 1. The van der Waals surface area contributed by atoms with Crippen molar-refractivity contribution in [3.05, 3.63) is 30.3 Å². The molecule has 2 amide bonds. The maximum Gasteiger partial charge on any atom is 0.410 e. The Morgan fingerprint density at radius 2 is 1.48 bits per heavy atom. The van der Waals surface area contributed by atoms with Crippen molar-refractivity contribution in [2.45, 2.75) is 39.2 Å². The molecule has 0 spiro atoms. The van der Waals surface area contributed by atoms with E-state index < -0.39 is 5.60 Å². The highest BCUT2D eigenvalue weighted by Crippen LogP contribution is 2.23. The Bertz CT molecular complexity index is 640. The number of benzene rings is 1. The Kier molecular flexibility index (Phi) is 5.92. The van der Waals surface area contributed by atoms with Gasteiger partial charge in [0.2, 0.25) is 5.91 Å². The summed E-state index contributed by atoms with van der Waals surface area (Å²) in [6, 6.07) is 10.3. The van der Waals surface area contributed by atoms with E-state index in [-0.39, 0.29) is 17.9 Å². The number of hydrogen-bond acceptors (Lipinski definition) is 4. The van der Waals surface area contributed by atoms with Crippen molar-refractivity contribution in [2.75, 3.05) is 44.2 Å². The average molecular weight is 373 g/mol. The van der Waals surface area contributed by atoms with Gasteiger partial charge in [0.1, 0.15) is 5.60 Å². The first-order valence-corrected chi connectivity index (χ1v) is 9.90. The van der Waals surface area contributed by atoms with Gasteiger partial charge in [0.25, 0.3) is 0 Å². The van der Waals surface area contributed by atoms with E-state index in [0.29, 0.717) is 13.1 Å². The predicted molar refractivity (Wildman–Crippen MR) is 106 cm³/mol. The molecular formula is C21H31N3O3. The molecule has 0 aliphatic carbocycles. The van der Waals surface area contributed by atoms with Crippen LogP contribution < -0.4 is 4.90 Å². The summed E-state index contributed by atoms with van der Waals surface area (Å²) in [4.78, 5) is 31.1. The van der Waals surface area contributed by atoms with Gasteiger partial charge in [-0.2, -0.15) is 0 Å². The van der Waals surface area contributed by atoms with Crippen LogP contribution in [0.15, 0.2) is 30.3 Å². The SMILES string of the molecule is CC(C)(C)OC(=O)N1CCC(C(=O)N2CCN(c3ccccc3)CC2)CC1. The van der Waals surface area contributed by atoms with Crippen LogP contribution in [0, 0.1) is 5.92 Å². The van der Waals surface area contributed by atoms with Crippen LogP contribution in [-0.4, -0.2) is 66.7 Å². The molecule has 2 aliphatic heterocycles. The fourth-order valence-corrected chi connectivity index (χ4v) is 3.72. The molecule has 2 heterocycles. The van der Waals surface area contributed by atoms with Crippen molar-refractivity contribution < 1.29 is 14.3 Å². The second kappa shape index (κ2) is 8.19. The first kappa shape index (κ1) is 19.5. The molecule has 0 radical (unpaired) electrons. The van der Waals surface area contributed by atoms with Gasteiger partial charge in [-0.1, -0.05) is 18.2 Å². The lowest BCUT2D eigenvalue weighted by Gasteiger charge is -2.39. The number of carbonyl (C=O) groups is 2. The number of likely N-dealkylation sites (tertiary alicyclic amines) is 1. The van der Waals surface area contributed by atoms with E-state index in [1.165, 1.54) is 5.69 Å². The van der Waals surface area contributed by atoms with Gasteiger partial charge in [-0.25, -0.2) is 4.79 Å². The zero-order valence-electron chi connectivity index (χ0n) is 16.7. The van der Waals surface area contributed by atoms with E-state index in [1.54, 1.807) is 4.90 Å². The Morgan fingerprint density at radius 1 is 0.889 bits per heavy atom. The van der Waals surface area contributed by atoms with Crippen LogP contribution in [0.25, 0.3) is 0 Å². The monoisotopic (exact) mass is 373 g/mol. The number of para-hydroxylation sites is 1. The summed E-state index contributed by atoms with van der Waals surface area (Å²) >= 11 is 0. The Balaban J connectivity index is 1.45. The zero-order chi connectivity index (χ0) is 19.4. The molecule has 6 nitrogen and oxygen atoms in total. The lowest BCUT2D eigenvalue weighted by atomic mass is 9.95. The van der Waals surface area contributed by atoms with E-state index >= 15 is 0 Å². The number of hydrogen-bond donors (Lipinski definition) is 0. The van der Waals surface area contributed by atoms with Crippen LogP contribution in [0.3, 0.4) is 0 Å². The summed E-state index contributed by atoms with van der Waals surface area (Å²) in [6.45, 7) is 10.1. The first-order chi connectivity index (χ1) is 12.8. The molecule has 0 bridgehead atoms. The van der Waals surface area contributed by atoms with Crippen LogP contribution >= 0.6 is 0 Å². The van der Waals surface area contributed by atoms with Crippen molar-refractivity contribution in [1.29, 1.82) is 0 Å². The summed E-state index contributed by atoms with van der Waals surface area (Å²) in [6.07, 6.45) is 1.17. The number of carbonyl (C=O) groups excluding carboxylic acids is 2. The fraction of sp³-hybridized carbons (Fsp3) is 0.619. The van der Waals surface area contributed by atoms with Crippen molar-refractivity contribution in [3.63, 3.8) is 0 Å². The third-order valence-corrected chi connectivity index (χ3v) is 5.21. The molecule has 0 aromatic heterocycles. The third kappa shape index (κ3) is 5.15. The average Bonchev–Trinajstić information content (AvgIpc) is 2.67. The van der Waals surface area contributed by atoms with Crippen LogP contribution in [0.2, 0.25) is 0 Å². The van der Waals surface area contributed by atoms with Gasteiger partial charge in [0.05, 0.1) is 0 Å². The van der Waals surface area contributed by atoms with Gasteiger partial charge in [0.15, 0.2) is 0 Å². The Morgan fingerprint density at radius 3 is 2.04 bits per heavy atom. The third-order valence-electron chi connectivity index (χ3n) is 5.21. The molecule has 27 heavy (non-hydrogen) atoms. The van der Waals surface area contributed by atoms with Gasteiger partial charge in [0, 0.05) is 50.9 Å². The maximum absolute atomic E-state index is 12.9. The van der Waals surface area contributed by atoms with Crippen LogP contribution in [-0.2, 0) is 9.53 Å². The Labute approximate surface area is 162 Å². The van der Waals surface area contributed by atoms with Crippen molar-refractivity contribution in [3.8, 4) is 0 Å². The molecule has 2 fully saturated rings. The van der Waals surface area contributed by atoms with E-state index in [9.17, 15) is 9.59 Å². The highest BCUT2D eigenvalue weighted by atomic mass is 16.6. The summed E-state index contributed by atoms with van der Waals surface area (Å²) in [5, 5.41) is 0. The molecule has 2 saturated heterocycles. The van der Waals surface area contributed by atoms with Crippen molar-refractivity contribution >= 4 is 17.7 Å². The molecule has 0 saturated carbocycles. The van der Waals surface area contributed by atoms with Gasteiger partial charge in [-0.05, 0) is 45.7 Å². The second-order valence-corrected chi connectivity index (χ2v) is 8.39. The molecule has 2 aliphatic rings. The number of rotatable bonds is 2. The van der Waals surface area contributed by atoms with Gasteiger partial charge < -0.3 is 19.4 Å².